The molecule has 2 rings (SSSR count). The Kier molecular flexibility index (Phi) is 3.09. The average molecular weight is 212 g/mol. The van der Waals surface area contributed by atoms with Crippen molar-refractivity contribution in [1.82, 2.24) is 0 Å². The SMILES string of the molecule is C#CCOc1ccc2ccccc2c1CO. The van der Waals surface area contributed by atoms with E-state index >= 15 is 0 Å². The highest BCUT2D eigenvalue weighted by Crippen LogP contribution is 2.27. The van der Waals surface area contributed by atoms with E-state index in [4.69, 9.17) is 11.2 Å². The first-order valence-corrected chi connectivity index (χ1v) is 5.04. The molecule has 0 radical (unpaired) electrons. The van der Waals surface area contributed by atoms with Crippen LogP contribution in [0.4, 0.5) is 0 Å². The molecule has 0 aromatic heterocycles. The molecule has 16 heavy (non-hydrogen) atoms. The predicted octanol–water partition coefficient (Wildman–Crippen LogP) is 2.34. The van der Waals surface area contributed by atoms with Crippen LogP contribution in [0.2, 0.25) is 0 Å². The second-order valence-corrected chi connectivity index (χ2v) is 3.41. The van der Waals surface area contributed by atoms with Crippen molar-refractivity contribution in [1.29, 1.82) is 0 Å². The van der Waals surface area contributed by atoms with Crippen molar-refractivity contribution in [2.24, 2.45) is 0 Å². The lowest BCUT2D eigenvalue weighted by Gasteiger charge is -2.10. The topological polar surface area (TPSA) is 29.5 Å². The van der Waals surface area contributed by atoms with Crippen molar-refractivity contribution in [3.8, 4) is 18.1 Å². The van der Waals surface area contributed by atoms with Crippen LogP contribution in [0, 0.1) is 12.3 Å². The van der Waals surface area contributed by atoms with Gasteiger partial charge in [0.15, 0.2) is 0 Å². The van der Waals surface area contributed by atoms with Crippen LogP contribution in [-0.4, -0.2) is 11.7 Å². The second-order valence-electron chi connectivity index (χ2n) is 3.41. The number of benzene rings is 2. The molecule has 80 valence electrons. The zero-order chi connectivity index (χ0) is 11.4. The molecule has 0 spiro atoms. The summed E-state index contributed by atoms with van der Waals surface area (Å²) in [4.78, 5) is 0. The Morgan fingerprint density at radius 1 is 1.19 bits per heavy atom. The zero-order valence-electron chi connectivity index (χ0n) is 8.81. The highest BCUT2D eigenvalue weighted by Gasteiger charge is 2.06. The highest BCUT2D eigenvalue weighted by atomic mass is 16.5. The van der Waals surface area contributed by atoms with Gasteiger partial charge < -0.3 is 9.84 Å². The quantitative estimate of drug-likeness (QED) is 0.791. The third-order valence-corrected chi connectivity index (χ3v) is 2.47. The minimum absolute atomic E-state index is 0.0543. The van der Waals surface area contributed by atoms with Crippen LogP contribution >= 0.6 is 0 Å². The smallest absolute Gasteiger partial charge is 0.148 e. The first kappa shape index (κ1) is 10.5. The number of rotatable bonds is 3. The molecule has 0 saturated carbocycles. The van der Waals surface area contributed by atoms with E-state index in [1.54, 1.807) is 0 Å². The molecule has 0 heterocycles. The second kappa shape index (κ2) is 4.69. The maximum atomic E-state index is 9.38. The van der Waals surface area contributed by atoms with Gasteiger partial charge in [0, 0.05) is 5.56 Å². The Labute approximate surface area is 94.5 Å². The fourth-order valence-electron chi connectivity index (χ4n) is 1.73. The van der Waals surface area contributed by atoms with Crippen molar-refractivity contribution in [2.45, 2.75) is 6.61 Å². The molecule has 0 aliphatic heterocycles. The van der Waals surface area contributed by atoms with Gasteiger partial charge in [-0.2, -0.15) is 0 Å². The molecule has 0 bridgehead atoms. The van der Waals surface area contributed by atoms with Crippen LogP contribution in [0.25, 0.3) is 10.8 Å². The Hall–Kier alpha value is -1.98. The fraction of sp³-hybridized carbons (Fsp3) is 0.143. The van der Waals surface area contributed by atoms with E-state index in [2.05, 4.69) is 5.92 Å². The van der Waals surface area contributed by atoms with Crippen LogP contribution in [0.1, 0.15) is 5.56 Å². The molecule has 0 aliphatic rings. The first-order chi connectivity index (χ1) is 7.86. The minimum Gasteiger partial charge on any atom is -0.481 e. The van der Waals surface area contributed by atoms with Gasteiger partial charge in [0.2, 0.25) is 0 Å². The normalized spacial score (nSPS) is 10.0. The third kappa shape index (κ3) is 1.86. The number of fused-ring (bicyclic) bond motifs is 1. The fourth-order valence-corrected chi connectivity index (χ4v) is 1.73. The van der Waals surface area contributed by atoms with Crippen molar-refractivity contribution in [3.05, 3.63) is 42.0 Å². The van der Waals surface area contributed by atoms with Gasteiger partial charge >= 0.3 is 0 Å². The number of terminal acetylenes is 1. The molecule has 0 unspecified atom stereocenters. The Morgan fingerprint density at radius 2 is 2.00 bits per heavy atom. The molecule has 2 heteroatoms. The van der Waals surface area contributed by atoms with Crippen LogP contribution < -0.4 is 4.74 Å². The van der Waals surface area contributed by atoms with Crippen LogP contribution in [0.5, 0.6) is 5.75 Å². The molecular weight excluding hydrogens is 200 g/mol. The summed E-state index contributed by atoms with van der Waals surface area (Å²) in [5, 5.41) is 11.5. The van der Waals surface area contributed by atoms with Crippen molar-refractivity contribution >= 4 is 10.8 Å². The van der Waals surface area contributed by atoms with Gasteiger partial charge in [0.25, 0.3) is 0 Å². The predicted molar refractivity (Wildman–Crippen MR) is 64.2 cm³/mol. The Balaban J connectivity index is 2.55. The standard InChI is InChI=1S/C14H12O2/c1-2-9-16-14-8-7-11-5-3-4-6-12(11)13(14)10-15/h1,3-8,15H,9-10H2. The van der Waals surface area contributed by atoms with E-state index in [9.17, 15) is 5.11 Å². The average Bonchev–Trinajstić information content (AvgIpc) is 2.35. The lowest BCUT2D eigenvalue weighted by Crippen LogP contribution is -1.98. The zero-order valence-corrected chi connectivity index (χ0v) is 8.81. The van der Waals surface area contributed by atoms with Crippen LogP contribution in [0.3, 0.4) is 0 Å². The number of aliphatic hydroxyl groups excluding tert-OH is 1. The summed E-state index contributed by atoms with van der Waals surface area (Å²) < 4.78 is 5.39. The molecule has 0 amide bonds. The number of ether oxygens (including phenoxy) is 1. The molecule has 2 aromatic carbocycles. The summed E-state index contributed by atoms with van der Waals surface area (Å²) in [5.74, 6) is 3.06. The van der Waals surface area contributed by atoms with Gasteiger partial charge in [-0.25, -0.2) is 0 Å². The molecule has 2 aromatic rings. The van der Waals surface area contributed by atoms with Crippen molar-refractivity contribution in [2.75, 3.05) is 6.61 Å². The summed E-state index contributed by atoms with van der Waals surface area (Å²) in [6, 6.07) is 11.7. The van der Waals surface area contributed by atoms with E-state index in [0.29, 0.717) is 5.75 Å². The van der Waals surface area contributed by atoms with Gasteiger partial charge in [-0.15, -0.1) is 6.42 Å². The summed E-state index contributed by atoms with van der Waals surface area (Å²) >= 11 is 0. The van der Waals surface area contributed by atoms with Crippen molar-refractivity contribution in [3.63, 3.8) is 0 Å². The largest absolute Gasteiger partial charge is 0.481 e. The minimum atomic E-state index is -0.0543. The number of hydrogen-bond donors (Lipinski definition) is 1. The van der Waals surface area contributed by atoms with Gasteiger partial charge in [-0.3, -0.25) is 0 Å². The molecule has 0 aliphatic carbocycles. The first-order valence-electron chi connectivity index (χ1n) is 5.04. The lowest BCUT2D eigenvalue weighted by atomic mass is 10.0. The van der Waals surface area contributed by atoms with Gasteiger partial charge in [-0.05, 0) is 16.8 Å². The van der Waals surface area contributed by atoms with Crippen LogP contribution in [0.15, 0.2) is 36.4 Å². The molecular formula is C14H12O2. The highest BCUT2D eigenvalue weighted by molar-refractivity contribution is 5.87. The summed E-state index contributed by atoms with van der Waals surface area (Å²) in [6.45, 7) is 0.159. The number of aliphatic hydroxyl groups is 1. The molecule has 0 atom stereocenters. The van der Waals surface area contributed by atoms with Crippen molar-refractivity contribution < 1.29 is 9.84 Å². The maximum Gasteiger partial charge on any atom is 0.148 e. The maximum absolute atomic E-state index is 9.38. The molecule has 0 fully saturated rings. The molecule has 0 saturated heterocycles. The summed E-state index contributed by atoms with van der Waals surface area (Å²) in [5.41, 5.74) is 0.786. The summed E-state index contributed by atoms with van der Waals surface area (Å²) in [6.07, 6.45) is 5.14. The number of hydrogen-bond acceptors (Lipinski definition) is 2. The third-order valence-electron chi connectivity index (χ3n) is 2.47. The van der Waals surface area contributed by atoms with E-state index in [1.165, 1.54) is 0 Å². The van der Waals surface area contributed by atoms with E-state index in [1.807, 2.05) is 36.4 Å². The van der Waals surface area contributed by atoms with E-state index < -0.39 is 0 Å². The van der Waals surface area contributed by atoms with Gasteiger partial charge in [0.1, 0.15) is 12.4 Å². The molecule has 1 N–H and O–H groups in total. The lowest BCUT2D eigenvalue weighted by molar-refractivity contribution is 0.272. The Bertz CT molecular complexity index is 538. The Morgan fingerprint density at radius 3 is 2.75 bits per heavy atom. The van der Waals surface area contributed by atoms with E-state index in [0.717, 1.165) is 16.3 Å². The van der Waals surface area contributed by atoms with Gasteiger partial charge in [0.05, 0.1) is 6.61 Å². The van der Waals surface area contributed by atoms with E-state index in [-0.39, 0.29) is 13.2 Å². The molecule has 2 nitrogen and oxygen atoms in total. The van der Waals surface area contributed by atoms with Gasteiger partial charge in [-0.1, -0.05) is 36.3 Å². The monoisotopic (exact) mass is 212 g/mol. The van der Waals surface area contributed by atoms with Crippen LogP contribution in [-0.2, 0) is 6.61 Å². The summed E-state index contributed by atoms with van der Waals surface area (Å²) in [7, 11) is 0.